The van der Waals surface area contributed by atoms with E-state index in [2.05, 4.69) is 6.92 Å². The Balaban J connectivity index is 1.40. The molecule has 2 aliphatic carbocycles. The summed E-state index contributed by atoms with van der Waals surface area (Å²) in [7, 11) is 0. The van der Waals surface area contributed by atoms with Gasteiger partial charge in [-0.05, 0) is 67.1 Å². The van der Waals surface area contributed by atoms with Gasteiger partial charge in [-0.1, -0.05) is 57.9 Å². The van der Waals surface area contributed by atoms with Crippen molar-refractivity contribution in [2.75, 3.05) is 0 Å². The quantitative estimate of drug-likeness (QED) is 0.532. The normalized spacial score (nSPS) is 31.1. The van der Waals surface area contributed by atoms with Gasteiger partial charge in [0.05, 0.1) is 0 Å². The van der Waals surface area contributed by atoms with Crippen LogP contribution in [0.2, 0.25) is 0 Å². The van der Waals surface area contributed by atoms with Crippen LogP contribution in [0.25, 0.3) is 0 Å². The maximum atomic E-state index is 13.4. The van der Waals surface area contributed by atoms with Crippen molar-refractivity contribution in [1.82, 2.24) is 0 Å². The molecule has 0 saturated heterocycles. The van der Waals surface area contributed by atoms with E-state index >= 15 is 0 Å². The standard InChI is InChI=1S/C22H32F2/c1-2-16-3-5-17(6-4-16)7-8-18-9-11-19(12-10-18)20-13-14-21(23)22(24)15-20/h13-19H,2-12H2,1H3/t16-,17-,18?,19?. The predicted octanol–water partition coefficient (Wildman–Crippen LogP) is 7.24. The van der Waals surface area contributed by atoms with E-state index < -0.39 is 11.6 Å². The Labute approximate surface area is 146 Å². The molecule has 3 rings (SSSR count). The molecule has 0 aliphatic heterocycles. The van der Waals surface area contributed by atoms with Gasteiger partial charge in [-0.15, -0.1) is 0 Å². The number of benzene rings is 1. The highest BCUT2D eigenvalue weighted by Gasteiger charge is 2.25. The smallest absolute Gasteiger partial charge is 0.159 e. The van der Waals surface area contributed by atoms with Crippen LogP contribution < -0.4 is 0 Å². The summed E-state index contributed by atoms with van der Waals surface area (Å²) in [6.45, 7) is 2.33. The highest BCUT2D eigenvalue weighted by Crippen LogP contribution is 2.40. The molecule has 2 saturated carbocycles. The third-order valence-corrected chi connectivity index (χ3v) is 6.79. The van der Waals surface area contributed by atoms with E-state index in [1.807, 2.05) is 0 Å². The van der Waals surface area contributed by atoms with Crippen LogP contribution in [0.15, 0.2) is 18.2 Å². The Hall–Kier alpha value is -0.920. The molecule has 2 aliphatic rings. The van der Waals surface area contributed by atoms with E-state index in [0.717, 1.165) is 36.2 Å². The minimum Gasteiger partial charge on any atom is -0.204 e. The third-order valence-electron chi connectivity index (χ3n) is 6.79. The lowest BCUT2D eigenvalue weighted by Crippen LogP contribution is -2.17. The van der Waals surface area contributed by atoms with Gasteiger partial charge in [0, 0.05) is 0 Å². The van der Waals surface area contributed by atoms with Crippen LogP contribution in [-0.2, 0) is 0 Å². The van der Waals surface area contributed by atoms with E-state index in [1.165, 1.54) is 69.9 Å². The summed E-state index contributed by atoms with van der Waals surface area (Å²) in [4.78, 5) is 0. The summed E-state index contributed by atoms with van der Waals surface area (Å²) in [6, 6.07) is 4.46. The van der Waals surface area contributed by atoms with Gasteiger partial charge in [0.2, 0.25) is 0 Å². The van der Waals surface area contributed by atoms with Crippen LogP contribution in [0.5, 0.6) is 0 Å². The van der Waals surface area contributed by atoms with Gasteiger partial charge >= 0.3 is 0 Å². The Morgan fingerprint density at radius 1 is 0.750 bits per heavy atom. The minimum absolute atomic E-state index is 0.427. The van der Waals surface area contributed by atoms with Crippen molar-refractivity contribution in [3.8, 4) is 0 Å². The van der Waals surface area contributed by atoms with Crippen molar-refractivity contribution in [1.29, 1.82) is 0 Å². The number of hydrogen-bond donors (Lipinski definition) is 0. The fraction of sp³-hybridized carbons (Fsp3) is 0.727. The van der Waals surface area contributed by atoms with E-state index in [1.54, 1.807) is 6.07 Å². The highest BCUT2D eigenvalue weighted by molar-refractivity contribution is 5.22. The first kappa shape index (κ1) is 17.9. The number of hydrogen-bond acceptors (Lipinski definition) is 0. The maximum absolute atomic E-state index is 13.4. The fourth-order valence-electron chi connectivity index (χ4n) is 4.95. The van der Waals surface area contributed by atoms with Gasteiger partial charge < -0.3 is 0 Å². The lowest BCUT2D eigenvalue weighted by molar-refractivity contribution is 0.227. The first-order chi connectivity index (χ1) is 11.7. The average Bonchev–Trinajstić information content (AvgIpc) is 2.63. The largest absolute Gasteiger partial charge is 0.204 e. The Morgan fingerprint density at radius 3 is 1.83 bits per heavy atom. The summed E-state index contributed by atoms with van der Waals surface area (Å²) < 4.78 is 26.5. The Bertz CT molecular complexity index is 509. The fourth-order valence-corrected chi connectivity index (χ4v) is 4.95. The molecule has 0 spiro atoms. The zero-order valence-corrected chi connectivity index (χ0v) is 15.1. The van der Waals surface area contributed by atoms with Crippen LogP contribution in [0.4, 0.5) is 8.78 Å². The van der Waals surface area contributed by atoms with Gasteiger partial charge in [-0.25, -0.2) is 8.78 Å². The summed E-state index contributed by atoms with van der Waals surface area (Å²) in [5.74, 6) is 1.82. The molecule has 0 nitrogen and oxygen atoms in total. The van der Waals surface area contributed by atoms with Crippen LogP contribution >= 0.6 is 0 Å². The van der Waals surface area contributed by atoms with Crippen LogP contribution in [0.1, 0.15) is 89.0 Å². The summed E-state index contributed by atoms with van der Waals surface area (Å²) in [5.41, 5.74) is 0.991. The third kappa shape index (κ3) is 4.58. The highest BCUT2D eigenvalue weighted by atomic mass is 19.2. The van der Waals surface area contributed by atoms with Gasteiger partial charge in [-0.3, -0.25) is 0 Å². The SMILES string of the molecule is CC[C@H]1CC[C@H](CCC2CCC(c3ccc(F)c(F)c3)CC2)CC1. The first-order valence-electron chi connectivity index (χ1n) is 10.1. The zero-order valence-electron chi connectivity index (χ0n) is 15.1. The van der Waals surface area contributed by atoms with Crippen LogP contribution in [0, 0.1) is 29.4 Å². The predicted molar refractivity (Wildman–Crippen MR) is 96.0 cm³/mol. The Morgan fingerprint density at radius 2 is 1.29 bits per heavy atom. The monoisotopic (exact) mass is 334 g/mol. The molecule has 2 fully saturated rings. The molecule has 0 unspecified atom stereocenters. The molecular formula is C22H32F2. The first-order valence-corrected chi connectivity index (χ1v) is 10.1. The van der Waals surface area contributed by atoms with Crippen molar-refractivity contribution < 1.29 is 8.78 Å². The van der Waals surface area contributed by atoms with Crippen molar-refractivity contribution in [3.63, 3.8) is 0 Å². The molecule has 0 radical (unpaired) electrons. The Kier molecular flexibility index (Phi) is 6.30. The van der Waals surface area contributed by atoms with E-state index in [-0.39, 0.29) is 0 Å². The molecule has 0 bridgehead atoms. The molecule has 0 amide bonds. The summed E-state index contributed by atoms with van der Waals surface area (Å²) >= 11 is 0. The zero-order chi connectivity index (χ0) is 16.9. The second-order valence-electron chi connectivity index (χ2n) is 8.26. The lowest BCUT2D eigenvalue weighted by atomic mass is 9.74. The van der Waals surface area contributed by atoms with Crippen molar-refractivity contribution in [2.45, 2.75) is 83.5 Å². The number of rotatable bonds is 5. The van der Waals surface area contributed by atoms with Crippen LogP contribution in [0.3, 0.4) is 0 Å². The van der Waals surface area contributed by atoms with Gasteiger partial charge in [0.15, 0.2) is 11.6 Å². The van der Waals surface area contributed by atoms with Gasteiger partial charge in [0.25, 0.3) is 0 Å². The van der Waals surface area contributed by atoms with Gasteiger partial charge in [-0.2, -0.15) is 0 Å². The van der Waals surface area contributed by atoms with Crippen molar-refractivity contribution in [3.05, 3.63) is 35.4 Å². The minimum atomic E-state index is -0.731. The maximum Gasteiger partial charge on any atom is 0.159 e. The second kappa shape index (κ2) is 8.45. The molecule has 0 aromatic heterocycles. The second-order valence-corrected chi connectivity index (χ2v) is 8.26. The molecule has 24 heavy (non-hydrogen) atoms. The molecule has 134 valence electrons. The van der Waals surface area contributed by atoms with E-state index in [0.29, 0.717) is 5.92 Å². The van der Waals surface area contributed by atoms with Crippen LogP contribution in [-0.4, -0.2) is 0 Å². The summed E-state index contributed by atoms with van der Waals surface area (Å²) in [5, 5.41) is 0. The molecule has 0 N–H and O–H groups in total. The number of halogens is 2. The molecule has 0 heterocycles. The molecular weight excluding hydrogens is 302 g/mol. The molecule has 1 aromatic rings. The molecule has 2 heteroatoms. The lowest BCUT2D eigenvalue weighted by Gasteiger charge is -2.32. The van der Waals surface area contributed by atoms with Crippen molar-refractivity contribution in [2.24, 2.45) is 17.8 Å². The van der Waals surface area contributed by atoms with E-state index in [4.69, 9.17) is 0 Å². The molecule has 1 aromatic carbocycles. The summed E-state index contributed by atoms with van der Waals surface area (Å²) in [6.07, 6.45) is 14.7. The van der Waals surface area contributed by atoms with Crippen molar-refractivity contribution >= 4 is 0 Å². The van der Waals surface area contributed by atoms with E-state index in [9.17, 15) is 8.78 Å². The molecule has 0 atom stereocenters. The average molecular weight is 334 g/mol. The van der Waals surface area contributed by atoms with Gasteiger partial charge in [0.1, 0.15) is 0 Å². The topological polar surface area (TPSA) is 0 Å².